The molecule has 1 heterocycles. The van der Waals surface area contributed by atoms with Crippen molar-refractivity contribution in [1.29, 1.82) is 0 Å². The van der Waals surface area contributed by atoms with E-state index in [9.17, 15) is 17.6 Å². The number of nitrogens with one attached hydrogen (secondary N) is 1. The van der Waals surface area contributed by atoms with Crippen molar-refractivity contribution in [3.63, 3.8) is 0 Å². The molecule has 0 radical (unpaired) electrons. The van der Waals surface area contributed by atoms with Gasteiger partial charge in [0, 0.05) is 17.0 Å². The minimum Gasteiger partial charge on any atom is -0.315 e. The van der Waals surface area contributed by atoms with Gasteiger partial charge in [0.15, 0.2) is 0 Å². The van der Waals surface area contributed by atoms with Gasteiger partial charge in [0.25, 0.3) is 15.9 Å². The van der Waals surface area contributed by atoms with Crippen LogP contribution >= 0.6 is 0 Å². The maximum atomic E-state index is 14.4. The third-order valence-corrected chi connectivity index (χ3v) is 8.21. The fraction of sp³-hybridized carbons (Fsp3) is 0.200. The van der Waals surface area contributed by atoms with Crippen LogP contribution in [0.3, 0.4) is 0 Å². The second kappa shape index (κ2) is 11.7. The van der Waals surface area contributed by atoms with Gasteiger partial charge < -0.3 is 4.57 Å². The van der Waals surface area contributed by atoms with Crippen molar-refractivity contribution in [3.8, 4) is 5.69 Å². The number of hydrogen-bond acceptors (Lipinski definition) is 4. The van der Waals surface area contributed by atoms with E-state index < -0.39 is 22.5 Å². The summed E-state index contributed by atoms with van der Waals surface area (Å²) in [5.74, 6) is -0.685. The number of hydrogen-bond donors (Lipinski definition) is 1. The maximum Gasteiger partial charge on any atom is 0.264 e. The summed E-state index contributed by atoms with van der Waals surface area (Å²) in [6, 6.07) is 23.4. The average molecular weight is 547 g/mol. The Kier molecular flexibility index (Phi) is 8.30. The number of benzene rings is 3. The summed E-state index contributed by atoms with van der Waals surface area (Å²) in [7, 11) is -4.02. The third-order valence-electron chi connectivity index (χ3n) is 6.42. The monoisotopic (exact) mass is 546 g/mol. The molecule has 0 spiro atoms. The molecule has 0 saturated carbocycles. The van der Waals surface area contributed by atoms with Crippen molar-refractivity contribution >= 4 is 27.8 Å². The standard InChI is InChI=1S/C30H31FN4O3S/c1-21(2)24-14-16-26(17-15-24)34(39(37,38)27-10-6-5-7-11-27)20-30(36)33-32-19-25-18-22(3)35(23(25)4)29-13-9-8-12-28(29)31/h5-19,21H,20H2,1-4H3,(H,33,36)/b32-19-. The molecular formula is C30H31FN4O3S. The van der Waals surface area contributed by atoms with Gasteiger partial charge >= 0.3 is 0 Å². The van der Waals surface area contributed by atoms with Gasteiger partial charge in [0.05, 0.1) is 22.5 Å². The summed E-state index contributed by atoms with van der Waals surface area (Å²) in [5.41, 5.74) is 6.51. The molecule has 0 aliphatic rings. The molecule has 4 rings (SSSR count). The van der Waals surface area contributed by atoms with Crippen molar-refractivity contribution in [2.24, 2.45) is 5.10 Å². The number of anilines is 1. The first-order valence-electron chi connectivity index (χ1n) is 12.5. The van der Waals surface area contributed by atoms with Crippen LogP contribution in [-0.2, 0) is 14.8 Å². The molecule has 3 aromatic carbocycles. The highest BCUT2D eigenvalue weighted by atomic mass is 32.2. The Hall–Kier alpha value is -4.24. The number of aryl methyl sites for hydroxylation is 1. The van der Waals surface area contributed by atoms with Gasteiger partial charge in [0.2, 0.25) is 0 Å². The Morgan fingerprint density at radius 3 is 2.28 bits per heavy atom. The van der Waals surface area contributed by atoms with Crippen molar-refractivity contribution in [2.45, 2.75) is 38.5 Å². The number of halogens is 1. The van der Waals surface area contributed by atoms with Crippen molar-refractivity contribution in [2.75, 3.05) is 10.8 Å². The summed E-state index contributed by atoms with van der Waals surface area (Å²) in [6.45, 7) is 7.31. The first-order valence-corrected chi connectivity index (χ1v) is 14.0. The predicted molar refractivity (Wildman–Crippen MR) is 152 cm³/mol. The molecule has 1 amide bonds. The van der Waals surface area contributed by atoms with Gasteiger partial charge in [-0.15, -0.1) is 0 Å². The molecular weight excluding hydrogens is 515 g/mol. The van der Waals surface area contributed by atoms with E-state index in [0.717, 1.165) is 21.3 Å². The largest absolute Gasteiger partial charge is 0.315 e. The zero-order valence-corrected chi connectivity index (χ0v) is 23.1. The van der Waals surface area contributed by atoms with Gasteiger partial charge in [-0.1, -0.05) is 56.3 Å². The zero-order chi connectivity index (χ0) is 28.2. The number of para-hydroxylation sites is 1. The number of rotatable bonds is 9. The van der Waals surface area contributed by atoms with Crippen molar-refractivity contribution in [3.05, 3.63) is 113 Å². The van der Waals surface area contributed by atoms with Gasteiger partial charge in [-0.05, 0) is 67.8 Å². The summed E-state index contributed by atoms with van der Waals surface area (Å²) >= 11 is 0. The van der Waals surface area contributed by atoms with Crippen molar-refractivity contribution in [1.82, 2.24) is 9.99 Å². The molecule has 0 bridgehead atoms. The molecule has 1 aromatic heterocycles. The average Bonchev–Trinajstić information content (AvgIpc) is 3.20. The Morgan fingerprint density at radius 2 is 1.64 bits per heavy atom. The molecule has 7 nitrogen and oxygen atoms in total. The van der Waals surface area contributed by atoms with Crippen LogP contribution < -0.4 is 9.73 Å². The number of hydrazone groups is 1. The number of aromatic nitrogens is 1. The van der Waals surface area contributed by atoms with Crippen LogP contribution in [0, 0.1) is 19.7 Å². The highest BCUT2D eigenvalue weighted by Gasteiger charge is 2.27. The molecule has 39 heavy (non-hydrogen) atoms. The lowest BCUT2D eigenvalue weighted by Gasteiger charge is -2.24. The highest BCUT2D eigenvalue weighted by Crippen LogP contribution is 2.26. The van der Waals surface area contributed by atoms with Crippen LogP contribution in [0.25, 0.3) is 5.69 Å². The first kappa shape index (κ1) is 27.8. The molecule has 202 valence electrons. The fourth-order valence-corrected chi connectivity index (χ4v) is 5.76. The van der Waals surface area contributed by atoms with E-state index in [0.29, 0.717) is 16.9 Å². The predicted octanol–water partition coefficient (Wildman–Crippen LogP) is 5.70. The normalized spacial score (nSPS) is 11.7. The number of carbonyl (C=O) groups is 1. The van der Waals surface area contributed by atoms with E-state index in [2.05, 4.69) is 10.5 Å². The summed E-state index contributed by atoms with van der Waals surface area (Å²) in [5, 5.41) is 4.06. The van der Waals surface area contributed by atoms with E-state index in [-0.39, 0.29) is 16.6 Å². The molecule has 0 aliphatic carbocycles. The summed E-state index contributed by atoms with van der Waals surface area (Å²) in [4.78, 5) is 13.0. The SMILES string of the molecule is Cc1cc(/C=N\NC(=O)CN(c2ccc(C(C)C)cc2)S(=O)(=O)c2ccccc2)c(C)n1-c1ccccc1F. The van der Waals surface area contributed by atoms with Crippen LogP contribution in [0.4, 0.5) is 10.1 Å². The van der Waals surface area contributed by atoms with Gasteiger partial charge in [-0.2, -0.15) is 5.10 Å². The maximum absolute atomic E-state index is 14.4. The molecule has 0 aliphatic heterocycles. The molecule has 1 N–H and O–H groups in total. The second-order valence-electron chi connectivity index (χ2n) is 9.48. The second-order valence-corrected chi connectivity index (χ2v) is 11.3. The summed E-state index contributed by atoms with van der Waals surface area (Å²) in [6.07, 6.45) is 1.46. The van der Waals surface area contributed by atoms with Crippen LogP contribution in [0.2, 0.25) is 0 Å². The number of nitrogens with zero attached hydrogens (tertiary/aromatic N) is 3. The minimum atomic E-state index is -4.02. The topological polar surface area (TPSA) is 83.8 Å². The molecule has 4 aromatic rings. The van der Waals surface area contributed by atoms with E-state index in [1.807, 2.05) is 45.9 Å². The Labute approximate surface area is 228 Å². The molecule has 0 unspecified atom stereocenters. The van der Waals surface area contributed by atoms with Crippen LogP contribution in [0.15, 0.2) is 94.9 Å². The Morgan fingerprint density at radius 1 is 1.00 bits per heavy atom. The number of amides is 1. The van der Waals surface area contributed by atoms with Crippen LogP contribution in [0.5, 0.6) is 0 Å². The van der Waals surface area contributed by atoms with E-state index in [1.54, 1.807) is 53.1 Å². The van der Waals surface area contributed by atoms with Gasteiger partial charge in [0.1, 0.15) is 12.4 Å². The minimum absolute atomic E-state index is 0.0785. The molecule has 9 heteroatoms. The van der Waals surface area contributed by atoms with Crippen LogP contribution in [0.1, 0.15) is 42.3 Å². The lowest BCUT2D eigenvalue weighted by atomic mass is 10.0. The fourth-order valence-electron chi connectivity index (χ4n) is 4.32. The number of sulfonamides is 1. The first-order chi connectivity index (χ1) is 18.6. The van der Waals surface area contributed by atoms with Gasteiger partial charge in [-0.25, -0.2) is 18.2 Å². The van der Waals surface area contributed by atoms with E-state index >= 15 is 0 Å². The molecule has 0 fully saturated rings. The molecule has 0 atom stereocenters. The number of carbonyl (C=O) groups excluding carboxylic acids is 1. The molecule has 0 saturated heterocycles. The van der Waals surface area contributed by atoms with Crippen LogP contribution in [-0.4, -0.2) is 31.7 Å². The lowest BCUT2D eigenvalue weighted by molar-refractivity contribution is -0.119. The van der Waals surface area contributed by atoms with E-state index in [1.165, 1.54) is 24.4 Å². The smallest absolute Gasteiger partial charge is 0.264 e. The van der Waals surface area contributed by atoms with E-state index in [4.69, 9.17) is 0 Å². The van der Waals surface area contributed by atoms with Gasteiger partial charge in [-0.3, -0.25) is 9.10 Å². The third kappa shape index (κ3) is 6.09. The lowest BCUT2D eigenvalue weighted by Crippen LogP contribution is -2.39. The Bertz CT molecular complexity index is 1600. The summed E-state index contributed by atoms with van der Waals surface area (Å²) < 4.78 is 44.2. The zero-order valence-electron chi connectivity index (χ0n) is 22.3. The van der Waals surface area contributed by atoms with Crippen molar-refractivity contribution < 1.29 is 17.6 Å². The quantitative estimate of drug-likeness (QED) is 0.216. The highest BCUT2D eigenvalue weighted by molar-refractivity contribution is 7.92. The Balaban J connectivity index is 1.56.